The lowest BCUT2D eigenvalue weighted by atomic mass is 9.96. The molecule has 39 heavy (non-hydrogen) atoms. The predicted molar refractivity (Wildman–Crippen MR) is 151 cm³/mol. The zero-order valence-corrected chi connectivity index (χ0v) is 24.3. The Morgan fingerprint density at radius 3 is 1.26 bits per heavy atom. The Balaban J connectivity index is 2.36. The molecule has 0 heterocycles. The summed E-state index contributed by atoms with van der Waals surface area (Å²) in [7, 11) is 3.29. The van der Waals surface area contributed by atoms with Gasteiger partial charge in [0, 0.05) is 40.9 Å². The zero-order valence-electron chi connectivity index (χ0n) is 24.3. The molecule has 0 fully saturated rings. The van der Waals surface area contributed by atoms with Crippen LogP contribution in [0.25, 0.3) is 0 Å². The Labute approximate surface area is 234 Å². The molecule has 7 heteroatoms. The van der Waals surface area contributed by atoms with Crippen molar-refractivity contribution in [2.45, 2.75) is 103 Å². The third-order valence-electron chi connectivity index (χ3n) is 6.86. The first kappa shape index (κ1) is 32.5. The topological polar surface area (TPSA) is 80.3 Å². The molecule has 0 aliphatic heterocycles. The first-order valence-corrected chi connectivity index (χ1v) is 13.9. The van der Waals surface area contributed by atoms with Crippen molar-refractivity contribution in [3.8, 4) is 0 Å². The van der Waals surface area contributed by atoms with Crippen LogP contribution in [-0.4, -0.2) is 62.8 Å². The average Bonchev–Trinajstić information content (AvgIpc) is 2.93. The van der Waals surface area contributed by atoms with Crippen LogP contribution in [0.3, 0.4) is 0 Å². The second-order valence-corrected chi connectivity index (χ2v) is 9.89. The van der Waals surface area contributed by atoms with E-state index in [2.05, 4.69) is 24.3 Å². The van der Waals surface area contributed by atoms with E-state index in [1.807, 2.05) is 50.2 Å². The molecule has 6 atom stereocenters. The highest BCUT2D eigenvalue weighted by Crippen LogP contribution is 2.24. The highest BCUT2D eigenvalue weighted by molar-refractivity contribution is 5.66. The summed E-state index contributed by atoms with van der Waals surface area (Å²) in [5.74, 6) is -0.657. The second-order valence-electron chi connectivity index (χ2n) is 9.89. The number of carbonyl (C=O) groups excluding carboxylic acids is 2. The largest absolute Gasteiger partial charge is 0.460 e. The third kappa shape index (κ3) is 11.9. The summed E-state index contributed by atoms with van der Waals surface area (Å²) < 4.78 is 29.7. The number of esters is 2. The first-order valence-electron chi connectivity index (χ1n) is 13.9. The van der Waals surface area contributed by atoms with Crippen LogP contribution in [0.4, 0.5) is 0 Å². The van der Waals surface area contributed by atoms with E-state index in [0.717, 1.165) is 11.1 Å². The highest BCUT2D eigenvalue weighted by Gasteiger charge is 2.31. The Hall–Kier alpha value is -2.74. The monoisotopic (exact) mass is 542 g/mol. The minimum absolute atomic E-state index is 0.220. The van der Waals surface area contributed by atoms with Gasteiger partial charge < -0.3 is 23.7 Å². The van der Waals surface area contributed by atoms with Gasteiger partial charge >= 0.3 is 11.9 Å². The van der Waals surface area contributed by atoms with E-state index in [-0.39, 0.29) is 48.6 Å². The Morgan fingerprint density at radius 2 is 0.974 bits per heavy atom. The number of benzene rings is 2. The summed E-state index contributed by atoms with van der Waals surface area (Å²) in [6.45, 7) is 6.80. The molecule has 0 N–H and O–H groups in total. The van der Waals surface area contributed by atoms with Gasteiger partial charge in [-0.2, -0.15) is 0 Å². The van der Waals surface area contributed by atoms with Crippen LogP contribution in [0.1, 0.15) is 64.5 Å². The number of methoxy groups -OCH3 is 2. The molecule has 0 amide bonds. The molecule has 0 aliphatic rings. The Kier molecular flexibility index (Phi) is 14.8. The van der Waals surface area contributed by atoms with E-state index >= 15 is 0 Å². The zero-order chi connectivity index (χ0) is 28.6. The average molecular weight is 543 g/mol. The van der Waals surface area contributed by atoms with Crippen LogP contribution in [0.2, 0.25) is 0 Å². The molecule has 0 saturated carbocycles. The van der Waals surface area contributed by atoms with Crippen molar-refractivity contribution in [3.05, 3.63) is 71.8 Å². The summed E-state index contributed by atoms with van der Waals surface area (Å²) in [5, 5.41) is 0. The van der Waals surface area contributed by atoms with Crippen molar-refractivity contribution in [3.63, 3.8) is 0 Å². The van der Waals surface area contributed by atoms with Crippen molar-refractivity contribution in [2.75, 3.05) is 14.2 Å². The van der Waals surface area contributed by atoms with Gasteiger partial charge in [-0.15, -0.1) is 0 Å². The highest BCUT2D eigenvalue weighted by atomic mass is 16.6. The van der Waals surface area contributed by atoms with Crippen molar-refractivity contribution < 1.29 is 33.3 Å². The molecule has 0 bridgehead atoms. The molecule has 7 nitrogen and oxygen atoms in total. The van der Waals surface area contributed by atoms with Crippen LogP contribution in [0.15, 0.2) is 60.7 Å². The summed E-state index contributed by atoms with van der Waals surface area (Å²) in [6.07, 6.45) is 1.85. The van der Waals surface area contributed by atoms with Crippen LogP contribution in [-0.2, 0) is 46.1 Å². The van der Waals surface area contributed by atoms with E-state index in [4.69, 9.17) is 23.7 Å². The molecular formula is C32H46O7. The number of ether oxygens (including phenoxy) is 5. The molecule has 0 aliphatic carbocycles. The first-order chi connectivity index (χ1) is 18.8. The van der Waals surface area contributed by atoms with E-state index < -0.39 is 0 Å². The normalized spacial score (nSPS) is 15.9. The second kappa shape index (κ2) is 17.8. The standard InChI is InChI=1S/C32H46O7/c1-7-29(37-23(3)33)31(35-5)21-27(19-25-15-11-9-12-16-25)39-28(20-26-17-13-10-14-18-26)22-32(36-6)30(8-2)38-24(4)34/h9-18,27-32H,7-8,19-22H2,1-6H3. The van der Waals surface area contributed by atoms with Crippen molar-refractivity contribution in [2.24, 2.45) is 0 Å². The smallest absolute Gasteiger partial charge is 0.302 e. The number of rotatable bonds is 18. The van der Waals surface area contributed by atoms with Crippen molar-refractivity contribution in [1.29, 1.82) is 0 Å². The third-order valence-corrected chi connectivity index (χ3v) is 6.86. The molecule has 2 rings (SSSR count). The van der Waals surface area contributed by atoms with Gasteiger partial charge in [0.1, 0.15) is 12.2 Å². The number of hydrogen-bond acceptors (Lipinski definition) is 7. The maximum Gasteiger partial charge on any atom is 0.302 e. The molecule has 0 radical (unpaired) electrons. The van der Waals surface area contributed by atoms with Gasteiger partial charge in [0.25, 0.3) is 0 Å². The SMILES string of the molecule is CCC(OC(C)=O)C(CC(Cc1ccccc1)OC(Cc1ccccc1)CC(OC)C(CC)OC(C)=O)OC. The summed E-state index contributed by atoms with van der Waals surface area (Å²) >= 11 is 0. The molecule has 6 unspecified atom stereocenters. The molecule has 2 aromatic carbocycles. The summed E-state index contributed by atoms with van der Waals surface area (Å²) in [5.41, 5.74) is 2.29. The molecule has 0 spiro atoms. The van der Waals surface area contributed by atoms with Gasteiger partial charge in [-0.05, 0) is 36.8 Å². The van der Waals surface area contributed by atoms with E-state index in [1.165, 1.54) is 13.8 Å². The summed E-state index contributed by atoms with van der Waals surface area (Å²) in [6, 6.07) is 20.4. The van der Waals surface area contributed by atoms with Gasteiger partial charge in [-0.25, -0.2) is 0 Å². The van der Waals surface area contributed by atoms with E-state index in [1.54, 1.807) is 14.2 Å². The van der Waals surface area contributed by atoms with Crippen LogP contribution in [0, 0.1) is 0 Å². The van der Waals surface area contributed by atoms with Gasteiger partial charge in [-0.3, -0.25) is 9.59 Å². The Morgan fingerprint density at radius 1 is 0.615 bits per heavy atom. The number of carbonyl (C=O) groups is 2. The molecular weight excluding hydrogens is 496 g/mol. The number of hydrogen-bond donors (Lipinski definition) is 0. The van der Waals surface area contributed by atoms with Crippen LogP contribution in [0.5, 0.6) is 0 Å². The molecule has 216 valence electrons. The van der Waals surface area contributed by atoms with Gasteiger partial charge in [0.05, 0.1) is 24.4 Å². The minimum atomic E-state index is -0.373. The van der Waals surface area contributed by atoms with E-state index in [0.29, 0.717) is 38.5 Å². The fourth-order valence-electron chi connectivity index (χ4n) is 4.99. The van der Waals surface area contributed by atoms with Crippen molar-refractivity contribution >= 4 is 11.9 Å². The van der Waals surface area contributed by atoms with Gasteiger partial charge in [0.15, 0.2) is 0 Å². The lowest BCUT2D eigenvalue weighted by molar-refractivity contribution is -0.159. The van der Waals surface area contributed by atoms with Crippen molar-refractivity contribution in [1.82, 2.24) is 0 Å². The molecule has 2 aromatic rings. The van der Waals surface area contributed by atoms with Crippen LogP contribution >= 0.6 is 0 Å². The Bertz CT molecular complexity index is 872. The minimum Gasteiger partial charge on any atom is -0.460 e. The quantitative estimate of drug-likeness (QED) is 0.223. The fourth-order valence-corrected chi connectivity index (χ4v) is 4.99. The maximum atomic E-state index is 11.8. The lowest BCUT2D eigenvalue weighted by Gasteiger charge is -2.33. The molecule has 0 saturated heterocycles. The molecule has 0 aromatic heterocycles. The lowest BCUT2D eigenvalue weighted by Crippen LogP contribution is -2.40. The van der Waals surface area contributed by atoms with Crippen LogP contribution < -0.4 is 0 Å². The van der Waals surface area contributed by atoms with Gasteiger partial charge in [-0.1, -0.05) is 74.5 Å². The fraction of sp³-hybridized carbons (Fsp3) is 0.562. The predicted octanol–water partition coefficient (Wildman–Crippen LogP) is 5.72. The summed E-state index contributed by atoms with van der Waals surface area (Å²) in [4.78, 5) is 23.5. The maximum absolute atomic E-state index is 11.8. The van der Waals surface area contributed by atoms with Gasteiger partial charge in [0.2, 0.25) is 0 Å². The van der Waals surface area contributed by atoms with E-state index in [9.17, 15) is 9.59 Å².